The molecule has 0 fully saturated rings. The Hall–Kier alpha value is -1.13. The number of aromatic nitrogens is 2. The van der Waals surface area contributed by atoms with Crippen LogP contribution >= 0.6 is 15.9 Å². The van der Waals surface area contributed by atoms with Crippen molar-refractivity contribution in [2.45, 2.75) is 27.3 Å². The van der Waals surface area contributed by atoms with Crippen LogP contribution in [0, 0.1) is 12.8 Å². The van der Waals surface area contributed by atoms with Gasteiger partial charge in [0.05, 0.1) is 11.4 Å². The lowest BCUT2D eigenvalue weighted by Gasteiger charge is -2.10. The fourth-order valence-electron chi connectivity index (χ4n) is 1.90. The topological polar surface area (TPSA) is 29.9 Å². The SMILES string of the molecule is Cc1ccn(-c2ccc(CNCC(C)C)cc2Br)n1. The van der Waals surface area contributed by atoms with Crippen LogP contribution in [0.3, 0.4) is 0 Å². The van der Waals surface area contributed by atoms with Crippen molar-refractivity contribution < 1.29 is 0 Å². The van der Waals surface area contributed by atoms with Gasteiger partial charge in [-0.15, -0.1) is 0 Å². The highest BCUT2D eigenvalue weighted by molar-refractivity contribution is 9.10. The average Bonchev–Trinajstić information content (AvgIpc) is 2.75. The van der Waals surface area contributed by atoms with E-state index in [0.29, 0.717) is 5.92 Å². The molecule has 0 aliphatic rings. The number of hydrogen-bond donors (Lipinski definition) is 1. The maximum Gasteiger partial charge on any atom is 0.0787 e. The highest BCUT2D eigenvalue weighted by Crippen LogP contribution is 2.22. The maximum absolute atomic E-state index is 4.43. The summed E-state index contributed by atoms with van der Waals surface area (Å²) >= 11 is 3.63. The van der Waals surface area contributed by atoms with Crippen molar-refractivity contribution >= 4 is 15.9 Å². The van der Waals surface area contributed by atoms with Gasteiger partial charge in [0.25, 0.3) is 0 Å². The van der Waals surface area contributed by atoms with E-state index in [1.807, 2.05) is 23.9 Å². The first kappa shape index (κ1) is 14.3. The summed E-state index contributed by atoms with van der Waals surface area (Å²) < 4.78 is 2.96. The molecular formula is C15H20BrN3. The smallest absolute Gasteiger partial charge is 0.0787 e. The molecule has 0 saturated heterocycles. The van der Waals surface area contributed by atoms with Crippen LogP contribution in [0.4, 0.5) is 0 Å². The third kappa shape index (κ3) is 3.91. The molecule has 0 unspecified atom stereocenters. The quantitative estimate of drug-likeness (QED) is 0.910. The summed E-state index contributed by atoms with van der Waals surface area (Å²) in [6.45, 7) is 8.36. The average molecular weight is 322 g/mol. The minimum absolute atomic E-state index is 0.676. The van der Waals surface area contributed by atoms with Crippen molar-refractivity contribution in [3.05, 3.63) is 46.2 Å². The predicted molar refractivity (Wildman–Crippen MR) is 82.5 cm³/mol. The summed E-state index contributed by atoms with van der Waals surface area (Å²) in [7, 11) is 0. The molecule has 102 valence electrons. The Morgan fingerprint density at radius 2 is 2.11 bits per heavy atom. The minimum atomic E-state index is 0.676. The number of halogens is 1. The van der Waals surface area contributed by atoms with Gasteiger partial charge in [0.15, 0.2) is 0 Å². The van der Waals surface area contributed by atoms with E-state index in [9.17, 15) is 0 Å². The van der Waals surface area contributed by atoms with Crippen LogP contribution in [0.15, 0.2) is 34.9 Å². The first-order valence-corrected chi connectivity index (χ1v) is 7.37. The molecule has 0 saturated carbocycles. The number of rotatable bonds is 5. The van der Waals surface area contributed by atoms with Gasteiger partial charge in [0.1, 0.15) is 0 Å². The van der Waals surface area contributed by atoms with Gasteiger partial charge in [-0.3, -0.25) is 0 Å². The van der Waals surface area contributed by atoms with Crippen LogP contribution in [-0.4, -0.2) is 16.3 Å². The molecule has 3 nitrogen and oxygen atoms in total. The minimum Gasteiger partial charge on any atom is -0.312 e. The number of hydrogen-bond acceptors (Lipinski definition) is 2. The van der Waals surface area contributed by atoms with Crippen molar-refractivity contribution in [1.29, 1.82) is 0 Å². The van der Waals surface area contributed by atoms with Crippen LogP contribution in [-0.2, 0) is 6.54 Å². The standard InChI is InChI=1S/C15H20BrN3/c1-11(2)9-17-10-13-4-5-15(14(16)8-13)19-7-6-12(3)18-19/h4-8,11,17H,9-10H2,1-3H3. The Kier molecular flexibility index (Phi) is 4.77. The Morgan fingerprint density at radius 3 is 2.68 bits per heavy atom. The van der Waals surface area contributed by atoms with Gasteiger partial charge in [-0.05, 0) is 59.1 Å². The molecule has 4 heteroatoms. The van der Waals surface area contributed by atoms with Gasteiger partial charge >= 0.3 is 0 Å². The second kappa shape index (κ2) is 6.35. The molecule has 1 N–H and O–H groups in total. The fraction of sp³-hybridized carbons (Fsp3) is 0.400. The molecule has 2 rings (SSSR count). The van der Waals surface area contributed by atoms with E-state index in [-0.39, 0.29) is 0 Å². The first-order chi connectivity index (χ1) is 9.06. The zero-order valence-electron chi connectivity index (χ0n) is 11.7. The molecule has 0 aliphatic carbocycles. The highest BCUT2D eigenvalue weighted by atomic mass is 79.9. The molecule has 0 spiro atoms. The molecule has 0 radical (unpaired) electrons. The molecular weight excluding hydrogens is 302 g/mol. The number of benzene rings is 1. The summed E-state index contributed by atoms with van der Waals surface area (Å²) in [4.78, 5) is 0. The van der Waals surface area contributed by atoms with Crippen molar-refractivity contribution in [3.8, 4) is 5.69 Å². The van der Waals surface area contributed by atoms with Gasteiger partial charge in [0, 0.05) is 17.2 Å². The van der Waals surface area contributed by atoms with Crippen molar-refractivity contribution in [3.63, 3.8) is 0 Å². The molecule has 0 aliphatic heterocycles. The lowest BCUT2D eigenvalue weighted by atomic mass is 10.2. The largest absolute Gasteiger partial charge is 0.312 e. The maximum atomic E-state index is 4.43. The van der Waals surface area contributed by atoms with Crippen molar-refractivity contribution in [1.82, 2.24) is 15.1 Å². The van der Waals surface area contributed by atoms with Crippen LogP contribution in [0.5, 0.6) is 0 Å². The van der Waals surface area contributed by atoms with E-state index in [4.69, 9.17) is 0 Å². The van der Waals surface area contributed by atoms with Crippen LogP contribution in [0.25, 0.3) is 5.69 Å². The molecule has 0 atom stereocenters. The molecule has 1 heterocycles. The number of nitrogens with one attached hydrogen (secondary N) is 1. The Bertz CT molecular complexity index is 546. The number of aryl methyl sites for hydroxylation is 1. The van der Waals surface area contributed by atoms with E-state index < -0.39 is 0 Å². The molecule has 0 bridgehead atoms. The normalized spacial score (nSPS) is 11.2. The second-order valence-electron chi connectivity index (χ2n) is 5.21. The third-order valence-electron chi connectivity index (χ3n) is 2.86. The van der Waals surface area contributed by atoms with Crippen molar-refractivity contribution in [2.75, 3.05) is 6.54 Å². The van der Waals surface area contributed by atoms with Crippen LogP contribution in [0.2, 0.25) is 0 Å². The Balaban J connectivity index is 2.09. The van der Waals surface area contributed by atoms with E-state index in [1.165, 1.54) is 5.56 Å². The van der Waals surface area contributed by atoms with E-state index in [0.717, 1.165) is 28.9 Å². The third-order valence-corrected chi connectivity index (χ3v) is 3.50. The monoisotopic (exact) mass is 321 g/mol. The fourth-order valence-corrected chi connectivity index (χ4v) is 2.51. The summed E-state index contributed by atoms with van der Waals surface area (Å²) in [6, 6.07) is 8.40. The molecule has 19 heavy (non-hydrogen) atoms. The second-order valence-corrected chi connectivity index (χ2v) is 6.07. The van der Waals surface area contributed by atoms with E-state index >= 15 is 0 Å². The molecule has 1 aromatic carbocycles. The predicted octanol–water partition coefficient (Wildman–Crippen LogP) is 3.69. The van der Waals surface area contributed by atoms with Gasteiger partial charge in [0.2, 0.25) is 0 Å². The van der Waals surface area contributed by atoms with E-state index in [2.05, 4.69) is 58.4 Å². The van der Waals surface area contributed by atoms with Gasteiger partial charge in [-0.25, -0.2) is 4.68 Å². The Morgan fingerprint density at radius 1 is 1.32 bits per heavy atom. The molecule has 1 aromatic heterocycles. The first-order valence-electron chi connectivity index (χ1n) is 6.58. The van der Waals surface area contributed by atoms with Gasteiger partial charge in [-0.1, -0.05) is 19.9 Å². The summed E-state index contributed by atoms with van der Waals surface area (Å²) in [6.07, 6.45) is 1.98. The van der Waals surface area contributed by atoms with Crippen molar-refractivity contribution in [2.24, 2.45) is 5.92 Å². The number of nitrogens with zero attached hydrogens (tertiary/aromatic N) is 2. The zero-order chi connectivity index (χ0) is 13.8. The zero-order valence-corrected chi connectivity index (χ0v) is 13.2. The molecule has 0 amide bonds. The summed E-state index contributed by atoms with van der Waals surface area (Å²) in [5, 5.41) is 7.88. The highest BCUT2D eigenvalue weighted by Gasteiger charge is 2.05. The van der Waals surface area contributed by atoms with Crippen LogP contribution < -0.4 is 5.32 Å². The lowest BCUT2D eigenvalue weighted by molar-refractivity contribution is 0.552. The molecule has 2 aromatic rings. The lowest BCUT2D eigenvalue weighted by Crippen LogP contribution is -2.18. The van der Waals surface area contributed by atoms with Crippen LogP contribution in [0.1, 0.15) is 25.1 Å². The summed E-state index contributed by atoms with van der Waals surface area (Å²) in [5.41, 5.74) is 3.37. The van der Waals surface area contributed by atoms with Gasteiger partial charge in [-0.2, -0.15) is 5.10 Å². The van der Waals surface area contributed by atoms with Gasteiger partial charge < -0.3 is 5.32 Å². The Labute approximate surface area is 123 Å². The van der Waals surface area contributed by atoms with E-state index in [1.54, 1.807) is 0 Å². The summed E-state index contributed by atoms with van der Waals surface area (Å²) in [5.74, 6) is 0.676.